The van der Waals surface area contributed by atoms with Crippen molar-refractivity contribution < 1.29 is 18.0 Å². The van der Waals surface area contributed by atoms with Crippen LogP contribution in [0.25, 0.3) is 0 Å². The monoisotopic (exact) mass is 561 g/mol. The first-order valence-electron chi connectivity index (χ1n) is 11.8. The van der Waals surface area contributed by atoms with Crippen molar-refractivity contribution in [3.63, 3.8) is 0 Å². The van der Waals surface area contributed by atoms with Crippen molar-refractivity contribution in [1.29, 1.82) is 0 Å². The van der Waals surface area contributed by atoms with Crippen molar-refractivity contribution >= 4 is 50.7 Å². The molecule has 0 saturated heterocycles. The lowest BCUT2D eigenvalue weighted by molar-refractivity contribution is -0.139. The Balaban J connectivity index is 2.00. The highest BCUT2D eigenvalue weighted by Crippen LogP contribution is 2.27. The SMILES string of the molecule is CCCNC(=O)[C@@H](C)N(Cc1ccc(Cl)cc1)C(=O)CN(c1cccc(Cl)c1)S(=O)(=O)c1ccccc1. The molecule has 0 saturated carbocycles. The van der Waals surface area contributed by atoms with Crippen LogP contribution >= 0.6 is 23.2 Å². The van der Waals surface area contributed by atoms with Crippen LogP contribution in [0.2, 0.25) is 10.0 Å². The van der Waals surface area contributed by atoms with Gasteiger partial charge >= 0.3 is 0 Å². The van der Waals surface area contributed by atoms with Crippen LogP contribution in [0.4, 0.5) is 5.69 Å². The summed E-state index contributed by atoms with van der Waals surface area (Å²) in [5.74, 6) is -0.877. The maximum atomic E-state index is 13.8. The summed E-state index contributed by atoms with van der Waals surface area (Å²) in [7, 11) is -4.13. The van der Waals surface area contributed by atoms with Gasteiger partial charge in [-0.05, 0) is 61.4 Å². The molecule has 37 heavy (non-hydrogen) atoms. The topological polar surface area (TPSA) is 86.8 Å². The fourth-order valence-electron chi connectivity index (χ4n) is 3.64. The molecule has 0 aliphatic heterocycles. The summed E-state index contributed by atoms with van der Waals surface area (Å²) in [6, 6.07) is 20.2. The van der Waals surface area contributed by atoms with E-state index in [2.05, 4.69) is 5.32 Å². The van der Waals surface area contributed by atoms with Crippen LogP contribution in [0.5, 0.6) is 0 Å². The number of anilines is 1. The van der Waals surface area contributed by atoms with E-state index in [0.717, 1.165) is 16.3 Å². The van der Waals surface area contributed by atoms with Gasteiger partial charge in [0.05, 0.1) is 10.6 Å². The lowest BCUT2D eigenvalue weighted by Gasteiger charge is -2.32. The number of benzene rings is 3. The summed E-state index contributed by atoms with van der Waals surface area (Å²) in [5, 5.41) is 3.67. The largest absolute Gasteiger partial charge is 0.354 e. The molecule has 1 N–H and O–H groups in total. The number of hydrogen-bond acceptors (Lipinski definition) is 4. The Morgan fingerprint density at radius 2 is 1.59 bits per heavy atom. The number of carbonyl (C=O) groups is 2. The molecule has 0 aliphatic carbocycles. The summed E-state index contributed by atoms with van der Waals surface area (Å²) in [4.78, 5) is 28.0. The lowest BCUT2D eigenvalue weighted by Crippen LogP contribution is -2.51. The van der Waals surface area contributed by atoms with Crippen molar-refractivity contribution in [3.05, 3.63) is 94.5 Å². The summed E-state index contributed by atoms with van der Waals surface area (Å²) >= 11 is 12.2. The number of sulfonamides is 1. The fourth-order valence-corrected chi connectivity index (χ4v) is 5.38. The Kier molecular flexibility index (Phi) is 9.97. The molecule has 3 aromatic rings. The van der Waals surface area contributed by atoms with Crippen LogP contribution < -0.4 is 9.62 Å². The number of nitrogens with zero attached hydrogens (tertiary/aromatic N) is 2. The van der Waals surface area contributed by atoms with E-state index >= 15 is 0 Å². The zero-order valence-electron chi connectivity index (χ0n) is 20.6. The third-order valence-electron chi connectivity index (χ3n) is 5.69. The van der Waals surface area contributed by atoms with E-state index in [4.69, 9.17) is 23.2 Å². The first kappa shape index (κ1) is 28.5. The highest BCUT2D eigenvalue weighted by atomic mass is 35.5. The van der Waals surface area contributed by atoms with Crippen LogP contribution in [0, 0.1) is 0 Å². The molecule has 0 spiro atoms. The quantitative estimate of drug-likeness (QED) is 0.351. The average molecular weight is 563 g/mol. The highest BCUT2D eigenvalue weighted by molar-refractivity contribution is 7.92. The second kappa shape index (κ2) is 12.9. The number of amides is 2. The Hall–Kier alpha value is -3.07. The van der Waals surface area contributed by atoms with Gasteiger partial charge in [-0.2, -0.15) is 0 Å². The number of halogens is 2. The molecule has 0 aromatic heterocycles. The Morgan fingerprint density at radius 3 is 2.22 bits per heavy atom. The summed E-state index contributed by atoms with van der Waals surface area (Å²) in [6.45, 7) is 3.57. The van der Waals surface area contributed by atoms with Crippen molar-refractivity contribution in [2.45, 2.75) is 37.8 Å². The van der Waals surface area contributed by atoms with E-state index in [0.29, 0.717) is 16.6 Å². The molecule has 0 heterocycles. The first-order valence-corrected chi connectivity index (χ1v) is 14.0. The van der Waals surface area contributed by atoms with Gasteiger partial charge in [0.15, 0.2) is 0 Å². The first-order chi connectivity index (χ1) is 17.6. The molecule has 0 radical (unpaired) electrons. The van der Waals surface area contributed by atoms with Crippen molar-refractivity contribution in [3.8, 4) is 0 Å². The van der Waals surface area contributed by atoms with Gasteiger partial charge in [0.2, 0.25) is 11.8 Å². The molecule has 3 aromatic carbocycles. The van der Waals surface area contributed by atoms with Crippen LogP contribution in [0.1, 0.15) is 25.8 Å². The molecular formula is C27H29Cl2N3O4S. The summed E-state index contributed by atoms with van der Waals surface area (Å²) < 4.78 is 28.3. The van der Waals surface area contributed by atoms with Gasteiger partial charge in [-0.3, -0.25) is 13.9 Å². The number of carbonyl (C=O) groups excluding carboxylic acids is 2. The molecule has 1 atom stereocenters. The Labute approximate surface area is 228 Å². The van der Waals surface area contributed by atoms with E-state index < -0.39 is 28.5 Å². The molecule has 0 aliphatic rings. The van der Waals surface area contributed by atoms with Gasteiger partial charge in [0.1, 0.15) is 12.6 Å². The van der Waals surface area contributed by atoms with Crippen LogP contribution in [-0.4, -0.2) is 44.3 Å². The molecule has 0 bridgehead atoms. The van der Waals surface area contributed by atoms with Crippen LogP contribution in [0.15, 0.2) is 83.8 Å². The normalized spacial score (nSPS) is 12.0. The standard InChI is InChI=1S/C27H29Cl2N3O4S/c1-3-16-30-27(34)20(2)31(18-21-12-14-22(28)15-13-21)26(33)19-32(24-9-7-8-23(29)17-24)37(35,36)25-10-5-4-6-11-25/h4-15,17,20H,3,16,18-19H2,1-2H3,(H,30,34)/t20-/m1/s1. The number of nitrogens with one attached hydrogen (secondary N) is 1. The minimum Gasteiger partial charge on any atom is -0.354 e. The third kappa shape index (κ3) is 7.47. The predicted octanol–water partition coefficient (Wildman–Crippen LogP) is 5.13. The number of rotatable bonds is 11. The molecule has 10 heteroatoms. The Bertz CT molecular complexity index is 1320. The van der Waals surface area contributed by atoms with Gasteiger partial charge in [0, 0.05) is 23.1 Å². The van der Waals surface area contributed by atoms with Crippen molar-refractivity contribution in [1.82, 2.24) is 10.2 Å². The van der Waals surface area contributed by atoms with E-state index in [9.17, 15) is 18.0 Å². The molecule has 2 amide bonds. The van der Waals surface area contributed by atoms with Gasteiger partial charge < -0.3 is 10.2 Å². The van der Waals surface area contributed by atoms with Crippen LogP contribution in [-0.2, 0) is 26.2 Å². The molecule has 3 rings (SSSR count). The molecule has 7 nitrogen and oxygen atoms in total. The van der Waals surface area contributed by atoms with Gasteiger partial charge in [-0.1, -0.05) is 66.5 Å². The smallest absolute Gasteiger partial charge is 0.264 e. The van der Waals surface area contributed by atoms with Crippen LogP contribution in [0.3, 0.4) is 0 Å². The average Bonchev–Trinajstić information content (AvgIpc) is 2.89. The van der Waals surface area contributed by atoms with Crippen molar-refractivity contribution in [2.24, 2.45) is 0 Å². The zero-order chi connectivity index (χ0) is 27.0. The molecular weight excluding hydrogens is 533 g/mol. The maximum Gasteiger partial charge on any atom is 0.264 e. The predicted molar refractivity (Wildman–Crippen MR) is 147 cm³/mol. The highest BCUT2D eigenvalue weighted by Gasteiger charge is 2.32. The maximum absolute atomic E-state index is 13.8. The third-order valence-corrected chi connectivity index (χ3v) is 7.96. The molecule has 0 fully saturated rings. The zero-order valence-corrected chi connectivity index (χ0v) is 22.9. The lowest BCUT2D eigenvalue weighted by atomic mass is 10.1. The second-order valence-corrected chi connectivity index (χ2v) is 11.2. The molecule has 196 valence electrons. The van der Waals surface area contributed by atoms with Gasteiger partial charge in [-0.15, -0.1) is 0 Å². The van der Waals surface area contributed by atoms with E-state index in [-0.39, 0.29) is 23.0 Å². The van der Waals surface area contributed by atoms with Crippen molar-refractivity contribution in [2.75, 3.05) is 17.4 Å². The van der Waals surface area contributed by atoms with Gasteiger partial charge in [0.25, 0.3) is 10.0 Å². The van der Waals surface area contributed by atoms with E-state index in [1.807, 2.05) is 6.92 Å². The minimum absolute atomic E-state index is 0.0285. The van der Waals surface area contributed by atoms with E-state index in [1.54, 1.807) is 67.6 Å². The van der Waals surface area contributed by atoms with E-state index in [1.165, 1.54) is 23.1 Å². The fraction of sp³-hybridized carbons (Fsp3) is 0.259. The summed E-state index contributed by atoms with van der Waals surface area (Å²) in [5.41, 5.74) is 0.979. The minimum atomic E-state index is -4.13. The Morgan fingerprint density at radius 1 is 0.919 bits per heavy atom. The molecule has 0 unspecified atom stereocenters. The van der Waals surface area contributed by atoms with Gasteiger partial charge in [-0.25, -0.2) is 8.42 Å². The summed E-state index contributed by atoms with van der Waals surface area (Å²) in [6.07, 6.45) is 0.738. The second-order valence-electron chi connectivity index (χ2n) is 8.42. The number of hydrogen-bond donors (Lipinski definition) is 1.